The van der Waals surface area contributed by atoms with Crippen LogP contribution in [0.1, 0.15) is 31.4 Å². The number of likely N-dealkylation sites (N-methyl/N-ethyl adjacent to an activating group) is 1. The average molecular weight is 279 g/mol. The van der Waals surface area contributed by atoms with Crippen molar-refractivity contribution in [1.82, 2.24) is 19.6 Å². The number of likely N-dealkylation sites (tertiary alicyclic amines) is 1. The maximum absolute atomic E-state index is 12.2. The van der Waals surface area contributed by atoms with E-state index in [1.54, 1.807) is 4.68 Å². The summed E-state index contributed by atoms with van der Waals surface area (Å²) in [6.07, 6.45) is 6.03. The molecule has 0 aliphatic carbocycles. The number of carbonyl (C=O) groups is 1. The van der Waals surface area contributed by atoms with Crippen LogP contribution in [-0.2, 0) is 11.8 Å². The number of aryl methyl sites for hydroxylation is 1. The summed E-state index contributed by atoms with van der Waals surface area (Å²) in [6, 6.07) is -0.0502. The van der Waals surface area contributed by atoms with Gasteiger partial charge in [0.2, 0.25) is 5.91 Å². The van der Waals surface area contributed by atoms with Gasteiger partial charge in [0, 0.05) is 37.9 Å². The van der Waals surface area contributed by atoms with E-state index in [4.69, 9.17) is 5.73 Å². The van der Waals surface area contributed by atoms with E-state index in [0.29, 0.717) is 6.54 Å². The van der Waals surface area contributed by atoms with Crippen molar-refractivity contribution in [3.63, 3.8) is 0 Å². The molecule has 112 valence electrons. The van der Waals surface area contributed by atoms with Crippen LogP contribution >= 0.6 is 0 Å². The van der Waals surface area contributed by atoms with Crippen molar-refractivity contribution in [3.8, 4) is 0 Å². The fraction of sp³-hybridized carbons (Fsp3) is 0.714. The zero-order valence-electron chi connectivity index (χ0n) is 12.6. The normalized spacial score (nSPS) is 18.6. The summed E-state index contributed by atoms with van der Waals surface area (Å²) in [5.74, 6) is 0.194. The zero-order chi connectivity index (χ0) is 14.7. The lowest BCUT2D eigenvalue weighted by Gasteiger charge is -2.31. The summed E-state index contributed by atoms with van der Waals surface area (Å²) >= 11 is 0. The van der Waals surface area contributed by atoms with E-state index in [1.165, 1.54) is 0 Å². The van der Waals surface area contributed by atoms with E-state index in [0.717, 1.165) is 31.5 Å². The van der Waals surface area contributed by atoms with Crippen molar-refractivity contribution in [3.05, 3.63) is 18.0 Å². The van der Waals surface area contributed by atoms with Gasteiger partial charge in [0.25, 0.3) is 0 Å². The van der Waals surface area contributed by atoms with Gasteiger partial charge in [-0.25, -0.2) is 0 Å². The van der Waals surface area contributed by atoms with Gasteiger partial charge >= 0.3 is 0 Å². The first kappa shape index (κ1) is 15.0. The van der Waals surface area contributed by atoms with E-state index < -0.39 is 0 Å². The Hall–Kier alpha value is -1.40. The van der Waals surface area contributed by atoms with Gasteiger partial charge in [-0.3, -0.25) is 14.4 Å². The first-order valence-electron chi connectivity index (χ1n) is 7.21. The molecule has 1 fully saturated rings. The number of nitrogens with zero attached hydrogens (tertiary/aromatic N) is 4. The van der Waals surface area contributed by atoms with E-state index in [9.17, 15) is 4.79 Å². The Morgan fingerprint density at radius 2 is 2.15 bits per heavy atom. The van der Waals surface area contributed by atoms with Crippen molar-refractivity contribution in [1.29, 1.82) is 0 Å². The molecule has 1 aliphatic rings. The minimum atomic E-state index is -0.0596. The molecule has 20 heavy (non-hydrogen) atoms. The number of aromatic nitrogens is 2. The van der Waals surface area contributed by atoms with Crippen LogP contribution in [0, 0.1) is 0 Å². The molecule has 0 aromatic carbocycles. The zero-order valence-corrected chi connectivity index (χ0v) is 12.6. The number of rotatable bonds is 5. The van der Waals surface area contributed by atoms with E-state index in [-0.39, 0.29) is 18.0 Å². The first-order chi connectivity index (χ1) is 9.49. The molecule has 1 aromatic rings. The molecule has 6 heteroatoms. The van der Waals surface area contributed by atoms with Crippen LogP contribution < -0.4 is 5.73 Å². The van der Waals surface area contributed by atoms with E-state index >= 15 is 0 Å². The Bertz CT molecular complexity index is 450. The summed E-state index contributed by atoms with van der Waals surface area (Å²) in [7, 11) is 3.84. The maximum atomic E-state index is 12.2. The monoisotopic (exact) mass is 279 g/mol. The van der Waals surface area contributed by atoms with Gasteiger partial charge in [0.15, 0.2) is 0 Å². The van der Waals surface area contributed by atoms with E-state index in [1.807, 2.05) is 43.2 Å². The minimum absolute atomic E-state index is 0.00949. The van der Waals surface area contributed by atoms with Crippen LogP contribution in [0.2, 0.25) is 0 Å². The van der Waals surface area contributed by atoms with Gasteiger partial charge in [-0.05, 0) is 26.8 Å². The number of carbonyl (C=O) groups excluding carboxylic acids is 1. The lowest BCUT2D eigenvalue weighted by molar-refractivity contribution is -0.131. The molecule has 2 unspecified atom stereocenters. The molecule has 1 saturated heterocycles. The molecule has 1 aliphatic heterocycles. The van der Waals surface area contributed by atoms with Crippen molar-refractivity contribution >= 4 is 5.91 Å². The Balaban J connectivity index is 2.03. The number of hydrogen-bond acceptors (Lipinski definition) is 4. The van der Waals surface area contributed by atoms with Crippen molar-refractivity contribution in [2.24, 2.45) is 12.8 Å². The molecule has 0 bridgehead atoms. The molecular formula is C14H25N5O. The van der Waals surface area contributed by atoms with Crippen molar-refractivity contribution < 1.29 is 4.79 Å². The fourth-order valence-electron chi connectivity index (χ4n) is 2.93. The maximum Gasteiger partial charge on any atom is 0.236 e. The molecule has 0 saturated carbocycles. The Morgan fingerprint density at radius 3 is 2.65 bits per heavy atom. The standard InChI is InChI=1S/C14H25N5O/c1-11(15)14(12-8-16-18(3)9-12)17(2)10-13(20)19-6-4-5-7-19/h8-9,11,14H,4-7,10,15H2,1-3H3. The Kier molecular flexibility index (Phi) is 4.77. The molecule has 1 amide bonds. The van der Waals surface area contributed by atoms with Crippen LogP contribution in [0.4, 0.5) is 0 Å². The lowest BCUT2D eigenvalue weighted by atomic mass is 10.0. The summed E-state index contributed by atoms with van der Waals surface area (Å²) < 4.78 is 1.76. The molecule has 0 spiro atoms. The number of nitrogens with two attached hydrogens (primary N) is 1. The molecule has 0 radical (unpaired) electrons. The fourth-order valence-corrected chi connectivity index (χ4v) is 2.93. The van der Waals surface area contributed by atoms with Crippen LogP contribution in [0.15, 0.2) is 12.4 Å². The first-order valence-corrected chi connectivity index (χ1v) is 7.21. The summed E-state index contributed by atoms with van der Waals surface area (Å²) in [4.78, 5) is 16.2. The summed E-state index contributed by atoms with van der Waals surface area (Å²) in [6.45, 7) is 4.15. The molecule has 6 nitrogen and oxygen atoms in total. The average Bonchev–Trinajstić information content (AvgIpc) is 3.00. The molecule has 2 N–H and O–H groups in total. The highest BCUT2D eigenvalue weighted by atomic mass is 16.2. The van der Waals surface area contributed by atoms with E-state index in [2.05, 4.69) is 5.10 Å². The van der Waals surface area contributed by atoms with Gasteiger partial charge in [-0.2, -0.15) is 5.10 Å². The molecule has 2 heterocycles. The lowest BCUT2D eigenvalue weighted by Crippen LogP contribution is -2.43. The summed E-state index contributed by atoms with van der Waals surface area (Å²) in [5.41, 5.74) is 7.16. The highest BCUT2D eigenvalue weighted by Gasteiger charge is 2.26. The van der Waals surface area contributed by atoms with Crippen LogP contribution in [0.25, 0.3) is 0 Å². The minimum Gasteiger partial charge on any atom is -0.342 e. The van der Waals surface area contributed by atoms with Gasteiger partial charge < -0.3 is 10.6 Å². The molecule has 2 atom stereocenters. The highest BCUT2D eigenvalue weighted by Crippen LogP contribution is 2.22. The predicted molar refractivity (Wildman–Crippen MR) is 78.0 cm³/mol. The number of amides is 1. The van der Waals surface area contributed by atoms with Crippen molar-refractivity contribution in [2.75, 3.05) is 26.7 Å². The van der Waals surface area contributed by atoms with Crippen molar-refractivity contribution in [2.45, 2.75) is 31.8 Å². The molecular weight excluding hydrogens is 254 g/mol. The third kappa shape index (κ3) is 3.37. The van der Waals surface area contributed by atoms with Gasteiger partial charge in [0.1, 0.15) is 0 Å². The summed E-state index contributed by atoms with van der Waals surface area (Å²) in [5, 5.41) is 4.20. The third-order valence-corrected chi connectivity index (χ3v) is 3.88. The van der Waals surface area contributed by atoms with Crippen LogP contribution in [0.5, 0.6) is 0 Å². The number of hydrogen-bond donors (Lipinski definition) is 1. The second kappa shape index (κ2) is 6.37. The topological polar surface area (TPSA) is 67.4 Å². The van der Waals surface area contributed by atoms with Gasteiger partial charge in [-0.1, -0.05) is 0 Å². The Morgan fingerprint density at radius 1 is 1.50 bits per heavy atom. The molecule has 1 aromatic heterocycles. The second-order valence-corrected chi connectivity index (χ2v) is 5.75. The highest BCUT2D eigenvalue weighted by molar-refractivity contribution is 5.78. The van der Waals surface area contributed by atoms with Crippen LogP contribution in [-0.4, -0.2) is 58.2 Å². The smallest absolute Gasteiger partial charge is 0.236 e. The van der Waals surface area contributed by atoms with Gasteiger partial charge in [-0.15, -0.1) is 0 Å². The largest absolute Gasteiger partial charge is 0.342 e. The Labute approximate surface area is 120 Å². The SMILES string of the molecule is CC(N)C(c1cnn(C)c1)N(C)CC(=O)N1CCCC1. The second-order valence-electron chi connectivity index (χ2n) is 5.75. The quantitative estimate of drug-likeness (QED) is 0.845. The third-order valence-electron chi connectivity index (χ3n) is 3.88. The predicted octanol–water partition coefficient (Wildman–Crippen LogP) is 0.363. The molecule has 2 rings (SSSR count). The van der Waals surface area contributed by atoms with Crippen LogP contribution in [0.3, 0.4) is 0 Å². The van der Waals surface area contributed by atoms with Gasteiger partial charge in [0.05, 0.1) is 18.8 Å².